The lowest BCUT2D eigenvalue weighted by molar-refractivity contribution is -0.150. The minimum Gasteiger partial charge on any atom is -0.508 e. The number of aromatic nitrogens is 2. The molecular formula is C23H20N6O6S4. The van der Waals surface area contributed by atoms with Crippen LogP contribution >= 0.6 is 46.2 Å². The standard InChI is InChI=1S/C23H20N6O6S4/c1-35-28-15(14-9-37-22(24)25-14)18(31)27-16-19(32)29-17(21(33)34)11(6-36-20(16)29)7-38-23-26-13(8-39-23)10-2-4-12(30)5-3-10/h2-5,8-9,16,20,30H,6-7H2,1H3,(H2,24,25)(H,27,31)(H,33,34)/t16-,20+/m1/s1. The van der Waals surface area contributed by atoms with Crippen LogP contribution in [0, 0.1) is 0 Å². The third-order valence-corrected chi connectivity index (χ3v) is 9.84. The van der Waals surface area contributed by atoms with Crippen LogP contribution in [0.1, 0.15) is 5.69 Å². The lowest BCUT2D eigenvalue weighted by Gasteiger charge is -2.49. The molecule has 2 aliphatic heterocycles. The number of aliphatic carboxylic acids is 1. The zero-order chi connectivity index (χ0) is 27.7. The average Bonchev–Trinajstić information content (AvgIpc) is 3.57. The lowest BCUT2D eigenvalue weighted by Crippen LogP contribution is -2.71. The van der Waals surface area contributed by atoms with E-state index in [2.05, 4.69) is 20.4 Å². The highest BCUT2D eigenvalue weighted by Crippen LogP contribution is 2.42. The van der Waals surface area contributed by atoms with E-state index >= 15 is 0 Å². The van der Waals surface area contributed by atoms with Crippen LogP contribution in [0.15, 0.2) is 55.8 Å². The molecule has 5 N–H and O–H groups in total. The highest BCUT2D eigenvalue weighted by Gasteiger charge is 2.54. The Balaban J connectivity index is 1.27. The second-order valence-electron chi connectivity index (χ2n) is 8.15. The van der Waals surface area contributed by atoms with Crippen molar-refractivity contribution in [3.05, 3.63) is 52.0 Å². The van der Waals surface area contributed by atoms with Crippen molar-refractivity contribution in [1.82, 2.24) is 20.2 Å². The summed E-state index contributed by atoms with van der Waals surface area (Å²) >= 11 is 5.31. The molecule has 4 heterocycles. The van der Waals surface area contributed by atoms with Crippen molar-refractivity contribution in [2.75, 3.05) is 24.3 Å². The van der Waals surface area contributed by atoms with Gasteiger partial charge in [-0.2, -0.15) is 0 Å². The van der Waals surface area contributed by atoms with Gasteiger partial charge < -0.3 is 26.1 Å². The number of carboxylic acid groups (broad SMARTS) is 1. The minimum atomic E-state index is -1.21. The SMILES string of the molecule is CON=C(C(=O)N[C@@H]1C(=O)N2C(C(=O)O)=C(CSc3nc(-c4ccc(O)cc4)cs3)CS[C@@H]12)c1csc(N)n1. The van der Waals surface area contributed by atoms with Crippen molar-refractivity contribution >= 4 is 74.8 Å². The molecule has 1 fully saturated rings. The van der Waals surface area contributed by atoms with Crippen LogP contribution in [0.25, 0.3) is 11.3 Å². The fourth-order valence-corrected chi connectivity index (χ4v) is 7.80. The molecule has 0 radical (unpaired) electrons. The number of fused-ring (bicyclic) bond motifs is 1. The maximum absolute atomic E-state index is 13.0. The third-order valence-electron chi connectivity index (χ3n) is 5.71. The van der Waals surface area contributed by atoms with Gasteiger partial charge in [0.2, 0.25) is 0 Å². The molecule has 16 heteroatoms. The number of nitrogens with one attached hydrogen (secondary N) is 1. The van der Waals surface area contributed by atoms with Crippen LogP contribution in [0.2, 0.25) is 0 Å². The number of phenols is 1. The van der Waals surface area contributed by atoms with E-state index < -0.39 is 29.2 Å². The fourth-order valence-electron chi connectivity index (χ4n) is 3.93. The molecule has 0 bridgehead atoms. The Bertz CT molecular complexity index is 1500. The summed E-state index contributed by atoms with van der Waals surface area (Å²) in [5, 5.41) is 28.9. The minimum absolute atomic E-state index is 0.0740. The number of β-lactam (4-membered cyclic amide) rings is 1. The number of hydrogen-bond acceptors (Lipinski definition) is 13. The Morgan fingerprint density at radius 2 is 2.03 bits per heavy atom. The van der Waals surface area contributed by atoms with Crippen molar-refractivity contribution in [1.29, 1.82) is 0 Å². The second kappa shape index (κ2) is 11.3. The third kappa shape index (κ3) is 5.45. The first-order valence-electron chi connectivity index (χ1n) is 11.2. The quantitative estimate of drug-likeness (QED) is 0.122. The van der Waals surface area contributed by atoms with E-state index in [-0.39, 0.29) is 28.0 Å². The Morgan fingerprint density at radius 3 is 2.69 bits per heavy atom. The number of aromatic hydroxyl groups is 1. The topological polar surface area (TPSA) is 180 Å². The maximum atomic E-state index is 13.0. The number of phenolic OH excluding ortho intramolecular Hbond substituents is 1. The van der Waals surface area contributed by atoms with Gasteiger partial charge in [0.25, 0.3) is 11.8 Å². The van der Waals surface area contributed by atoms with Gasteiger partial charge in [0.1, 0.15) is 35.7 Å². The summed E-state index contributed by atoms with van der Waals surface area (Å²) in [5.74, 6) is -1.55. The van der Waals surface area contributed by atoms with Crippen molar-refractivity contribution in [2.45, 2.75) is 15.8 Å². The lowest BCUT2D eigenvalue weighted by atomic mass is 10.0. The van der Waals surface area contributed by atoms with Crippen LogP contribution in [0.5, 0.6) is 5.75 Å². The first-order chi connectivity index (χ1) is 18.8. The van der Waals surface area contributed by atoms with Crippen LogP contribution in [0.4, 0.5) is 5.13 Å². The zero-order valence-electron chi connectivity index (χ0n) is 20.1. The van der Waals surface area contributed by atoms with Gasteiger partial charge in [0.05, 0.1) is 5.69 Å². The van der Waals surface area contributed by atoms with Gasteiger partial charge >= 0.3 is 5.97 Å². The van der Waals surface area contributed by atoms with Crippen molar-refractivity contribution < 1.29 is 29.4 Å². The molecule has 202 valence electrons. The molecule has 1 aromatic carbocycles. The molecule has 3 aromatic rings. The number of thiazole rings is 2. The Kier molecular flexibility index (Phi) is 7.79. The van der Waals surface area contributed by atoms with Crippen molar-refractivity contribution in [3.63, 3.8) is 0 Å². The number of rotatable bonds is 9. The van der Waals surface area contributed by atoms with Crippen LogP contribution in [0.3, 0.4) is 0 Å². The van der Waals surface area contributed by atoms with Crippen molar-refractivity contribution in [2.24, 2.45) is 5.16 Å². The van der Waals surface area contributed by atoms with Crippen molar-refractivity contribution in [3.8, 4) is 17.0 Å². The molecular weight excluding hydrogens is 585 g/mol. The average molecular weight is 605 g/mol. The summed E-state index contributed by atoms with van der Waals surface area (Å²) in [5.41, 5.74) is 7.84. The van der Waals surface area contributed by atoms with Gasteiger partial charge in [-0.15, -0.1) is 34.4 Å². The molecule has 2 atom stereocenters. The molecule has 1 saturated heterocycles. The van der Waals surface area contributed by atoms with E-state index in [4.69, 9.17) is 10.6 Å². The number of oxime groups is 1. The molecule has 39 heavy (non-hydrogen) atoms. The Labute approximate surface area is 238 Å². The predicted molar refractivity (Wildman–Crippen MR) is 150 cm³/mol. The van der Waals surface area contributed by atoms with Gasteiger partial charge in [-0.25, -0.2) is 14.8 Å². The maximum Gasteiger partial charge on any atom is 0.352 e. The zero-order valence-corrected chi connectivity index (χ0v) is 23.3. The molecule has 0 spiro atoms. The van der Waals surface area contributed by atoms with E-state index in [9.17, 15) is 24.6 Å². The predicted octanol–water partition coefficient (Wildman–Crippen LogP) is 2.44. The number of amides is 2. The number of benzene rings is 1. The fraction of sp³-hybridized carbons (Fsp3) is 0.217. The van der Waals surface area contributed by atoms with Gasteiger partial charge in [0.15, 0.2) is 15.2 Å². The Morgan fingerprint density at radius 1 is 1.26 bits per heavy atom. The highest BCUT2D eigenvalue weighted by atomic mass is 32.2. The number of carboxylic acids is 1. The summed E-state index contributed by atoms with van der Waals surface area (Å²) in [6.45, 7) is 0. The molecule has 12 nitrogen and oxygen atoms in total. The number of nitrogens with zero attached hydrogens (tertiary/aromatic N) is 4. The van der Waals surface area contributed by atoms with E-state index in [1.807, 2.05) is 5.38 Å². The number of carbonyl (C=O) groups is 3. The largest absolute Gasteiger partial charge is 0.508 e. The van der Waals surface area contributed by atoms with E-state index in [0.29, 0.717) is 17.1 Å². The Hall–Kier alpha value is -3.60. The van der Waals surface area contributed by atoms with Crippen LogP contribution < -0.4 is 11.1 Å². The molecule has 2 aliphatic rings. The highest BCUT2D eigenvalue weighted by molar-refractivity contribution is 8.01. The molecule has 0 aliphatic carbocycles. The molecule has 5 rings (SSSR count). The number of hydrogen-bond donors (Lipinski definition) is 4. The molecule has 0 unspecified atom stereocenters. The van der Waals surface area contributed by atoms with Crippen LogP contribution in [-0.2, 0) is 19.2 Å². The van der Waals surface area contributed by atoms with Gasteiger partial charge in [-0.3, -0.25) is 14.5 Å². The van der Waals surface area contributed by atoms with Gasteiger partial charge in [-0.05, 0) is 29.8 Å². The second-order valence-corrected chi connectivity index (χ2v) is 12.2. The van der Waals surface area contributed by atoms with E-state index in [1.54, 1.807) is 29.6 Å². The number of carbonyl (C=O) groups excluding carboxylic acids is 2. The first kappa shape index (κ1) is 27.0. The van der Waals surface area contributed by atoms with Gasteiger partial charge in [0, 0.05) is 27.8 Å². The van der Waals surface area contributed by atoms with E-state index in [1.165, 1.54) is 46.9 Å². The smallest absolute Gasteiger partial charge is 0.352 e. The summed E-state index contributed by atoms with van der Waals surface area (Å²) in [6.07, 6.45) is 0. The molecule has 2 amide bonds. The summed E-state index contributed by atoms with van der Waals surface area (Å²) in [6, 6.07) is 5.77. The number of nitrogen functional groups attached to an aromatic ring is 1. The summed E-state index contributed by atoms with van der Waals surface area (Å²) in [4.78, 5) is 52.7. The number of nitrogens with two attached hydrogens (primary N) is 1. The molecule has 0 saturated carbocycles. The van der Waals surface area contributed by atoms with Crippen LogP contribution in [-0.4, -0.2) is 78.6 Å². The van der Waals surface area contributed by atoms with Gasteiger partial charge in [-0.1, -0.05) is 16.9 Å². The summed E-state index contributed by atoms with van der Waals surface area (Å²) < 4.78 is 0.746. The number of anilines is 1. The first-order valence-corrected chi connectivity index (χ1v) is 15.0. The van der Waals surface area contributed by atoms with E-state index in [0.717, 1.165) is 26.9 Å². The normalized spacial score (nSPS) is 18.9. The summed E-state index contributed by atoms with van der Waals surface area (Å²) in [7, 11) is 1.28. The molecule has 2 aromatic heterocycles. The monoisotopic (exact) mass is 604 g/mol. The number of thioether (sulfide) groups is 2.